The van der Waals surface area contributed by atoms with Crippen LogP contribution in [0.3, 0.4) is 0 Å². The number of nitrogens with zero attached hydrogens (tertiary/aromatic N) is 1. The van der Waals surface area contributed by atoms with Gasteiger partial charge in [-0.15, -0.1) is 0 Å². The van der Waals surface area contributed by atoms with Crippen LogP contribution in [0.2, 0.25) is 0 Å². The van der Waals surface area contributed by atoms with Gasteiger partial charge in [0.25, 0.3) is 20.0 Å². The van der Waals surface area contributed by atoms with Crippen molar-refractivity contribution < 1.29 is 48.4 Å². The summed E-state index contributed by atoms with van der Waals surface area (Å²) in [5.41, 5.74) is -0.214. The van der Waals surface area contributed by atoms with Gasteiger partial charge in [-0.3, -0.25) is 4.79 Å². The largest absolute Gasteiger partial charge is 0.480 e. The number of carbonyl (C=O) groups is 1. The predicted octanol–water partition coefficient (Wildman–Crippen LogP) is 4.84. The van der Waals surface area contributed by atoms with Crippen molar-refractivity contribution in [1.29, 1.82) is 0 Å². The highest BCUT2D eigenvalue weighted by Crippen LogP contribution is 2.37. The van der Waals surface area contributed by atoms with E-state index in [0.717, 1.165) is 60.7 Å². The number of hydrogen-bond acceptors (Lipinski definition) is 8. The maximum Gasteiger partial charge on any atom is 0.322 e. The minimum absolute atomic E-state index is 0.0239. The minimum Gasteiger partial charge on any atom is -0.480 e. The molecule has 4 aromatic carbocycles. The summed E-state index contributed by atoms with van der Waals surface area (Å²) in [6, 6.07) is 12.9. The Morgan fingerprint density at radius 3 is 1.71 bits per heavy atom. The first-order chi connectivity index (χ1) is 21.0. The van der Waals surface area contributed by atoms with Gasteiger partial charge in [-0.1, -0.05) is 13.8 Å². The maximum atomic E-state index is 13.8. The van der Waals surface area contributed by atoms with Crippen molar-refractivity contribution in [2.45, 2.75) is 34.6 Å². The summed E-state index contributed by atoms with van der Waals surface area (Å²) in [6.07, 6.45) is 0. The second-order valence-corrected chi connectivity index (χ2v) is 15.8. The number of aliphatic carboxylic acids is 1. The molecule has 11 nitrogen and oxygen atoms in total. The fourth-order valence-electron chi connectivity index (χ4n) is 4.54. The number of hydrogen-bond donors (Lipinski definition) is 2. The Balaban J connectivity index is 1.66. The molecule has 1 heterocycles. The van der Waals surface area contributed by atoms with Crippen LogP contribution in [-0.4, -0.2) is 42.4 Å². The molecule has 0 radical (unpaired) electrons. The van der Waals surface area contributed by atoms with E-state index in [1.54, 1.807) is 0 Å². The van der Waals surface area contributed by atoms with E-state index >= 15 is 0 Å². The number of rotatable bonds is 10. The summed E-state index contributed by atoms with van der Waals surface area (Å²) < 4.78 is 117. The van der Waals surface area contributed by atoms with Gasteiger partial charge in [0.15, 0.2) is 0 Å². The summed E-state index contributed by atoms with van der Waals surface area (Å²) in [6.45, 7) is 3.08. The lowest BCUT2D eigenvalue weighted by Crippen LogP contribution is -2.44. The third kappa shape index (κ3) is 6.01. The van der Waals surface area contributed by atoms with E-state index in [2.05, 4.69) is 4.72 Å². The Morgan fingerprint density at radius 2 is 1.22 bits per heavy atom. The highest BCUT2D eigenvalue weighted by Gasteiger charge is 2.37. The van der Waals surface area contributed by atoms with Crippen LogP contribution in [0, 0.1) is 17.6 Å². The Bertz CT molecular complexity index is 2190. The highest BCUT2D eigenvalue weighted by atomic mass is 32.3. The van der Waals surface area contributed by atoms with Crippen molar-refractivity contribution in [1.82, 2.24) is 4.72 Å². The molecule has 1 atom stereocenters. The van der Waals surface area contributed by atoms with Crippen LogP contribution in [0.25, 0.3) is 21.9 Å². The smallest absolute Gasteiger partial charge is 0.322 e. The predicted molar refractivity (Wildman–Crippen MR) is 160 cm³/mol. The van der Waals surface area contributed by atoms with E-state index in [4.69, 9.17) is 4.42 Å². The average Bonchev–Trinajstić information content (AvgIpc) is 3.33. The zero-order chi connectivity index (χ0) is 32.9. The Kier molecular flexibility index (Phi) is 8.20. The molecule has 0 aliphatic carbocycles. The summed E-state index contributed by atoms with van der Waals surface area (Å²) in [4.78, 5) is 10.2. The zero-order valence-electron chi connectivity index (χ0n) is 23.4. The number of sulfonamides is 3. The number of furan rings is 1. The van der Waals surface area contributed by atoms with Crippen molar-refractivity contribution in [3.8, 4) is 0 Å². The first kappa shape index (κ1) is 32.0. The first-order valence-corrected chi connectivity index (χ1v) is 17.4. The number of carboxylic acid groups (broad SMARTS) is 1. The minimum atomic E-state index is -4.92. The lowest BCUT2D eigenvalue weighted by Gasteiger charge is -2.24. The van der Waals surface area contributed by atoms with Crippen LogP contribution in [0.5, 0.6) is 0 Å². The van der Waals surface area contributed by atoms with Gasteiger partial charge in [-0.2, -0.15) is 8.43 Å². The molecule has 0 bridgehead atoms. The molecule has 0 aliphatic rings. The fraction of sp³-hybridized carbons (Fsp3) is 0.138. The quantitative estimate of drug-likeness (QED) is 0.210. The van der Waals surface area contributed by atoms with Gasteiger partial charge in [-0.05, 0) is 84.8 Å². The lowest BCUT2D eigenvalue weighted by molar-refractivity contribution is -0.140. The fourth-order valence-corrected chi connectivity index (χ4v) is 9.57. The standard InChI is InChI=1S/C29H24F2N2O9S3/c1-17(2)28(29(34)35)32-43(36,37)23-12-13-24-25-15-20(7-14-26(25)42-27(24)16-23)33(44(38,39)21-8-3-18(30)4-9-21)45(40,41)22-10-5-19(31)6-11-22/h3-17,28,32H,1-2H3,(H,34,35)/t28-/m0/s1. The van der Waals surface area contributed by atoms with Gasteiger partial charge in [0.1, 0.15) is 28.8 Å². The van der Waals surface area contributed by atoms with Crippen molar-refractivity contribution in [3.05, 3.63) is 96.6 Å². The Morgan fingerprint density at radius 1 is 0.711 bits per heavy atom. The number of benzene rings is 4. The molecule has 0 spiro atoms. The van der Waals surface area contributed by atoms with Crippen LogP contribution < -0.4 is 8.43 Å². The number of halogens is 2. The summed E-state index contributed by atoms with van der Waals surface area (Å²) >= 11 is 0. The summed E-state index contributed by atoms with van der Waals surface area (Å²) in [7, 11) is -14.2. The normalized spacial score (nSPS) is 13.4. The van der Waals surface area contributed by atoms with Crippen LogP contribution in [0.4, 0.5) is 14.5 Å². The summed E-state index contributed by atoms with van der Waals surface area (Å²) in [5, 5.41) is 9.89. The van der Waals surface area contributed by atoms with Crippen LogP contribution in [0.1, 0.15) is 13.8 Å². The van der Waals surface area contributed by atoms with Gasteiger partial charge < -0.3 is 9.52 Å². The number of nitrogens with one attached hydrogen (secondary N) is 1. The van der Waals surface area contributed by atoms with Crippen molar-refractivity contribution in [3.63, 3.8) is 0 Å². The van der Waals surface area contributed by atoms with Gasteiger partial charge >= 0.3 is 5.97 Å². The molecule has 0 aliphatic heterocycles. The van der Waals surface area contributed by atoms with E-state index in [1.807, 2.05) is 0 Å². The molecule has 2 N–H and O–H groups in total. The van der Waals surface area contributed by atoms with E-state index in [-0.39, 0.29) is 36.2 Å². The second-order valence-electron chi connectivity index (χ2n) is 10.2. The molecule has 0 saturated heterocycles. The SMILES string of the molecule is CC(C)[C@H](NS(=O)(=O)c1ccc2c(c1)oc1ccc(N(S(=O)(=O)c3ccc(F)cc3)S(=O)(=O)c3ccc(F)cc3)cc12)C(=O)O. The van der Waals surface area contributed by atoms with Gasteiger partial charge in [0, 0.05) is 16.8 Å². The molecular weight excluding hydrogens is 655 g/mol. The third-order valence-corrected chi connectivity index (χ3v) is 12.5. The molecule has 5 rings (SSSR count). The van der Waals surface area contributed by atoms with Gasteiger partial charge in [0.2, 0.25) is 10.0 Å². The number of fused-ring (bicyclic) bond motifs is 3. The highest BCUT2D eigenvalue weighted by molar-refractivity contribution is 8.10. The van der Waals surface area contributed by atoms with Gasteiger partial charge in [0.05, 0.1) is 20.4 Å². The van der Waals surface area contributed by atoms with Crippen molar-refractivity contribution >= 4 is 63.7 Å². The van der Waals surface area contributed by atoms with E-state index < -0.39 is 69.4 Å². The topological polar surface area (TPSA) is 168 Å². The Hall–Kier alpha value is -4.38. The lowest BCUT2D eigenvalue weighted by atomic mass is 10.1. The molecule has 0 unspecified atom stereocenters. The molecule has 0 fully saturated rings. The average molecular weight is 679 g/mol. The monoisotopic (exact) mass is 678 g/mol. The molecule has 0 amide bonds. The van der Waals surface area contributed by atoms with E-state index in [0.29, 0.717) is 0 Å². The van der Waals surface area contributed by atoms with Crippen LogP contribution >= 0.6 is 0 Å². The van der Waals surface area contributed by atoms with Crippen molar-refractivity contribution in [2.24, 2.45) is 5.92 Å². The van der Waals surface area contributed by atoms with Crippen molar-refractivity contribution in [2.75, 3.05) is 3.71 Å². The summed E-state index contributed by atoms with van der Waals surface area (Å²) in [5.74, 6) is -3.44. The van der Waals surface area contributed by atoms with Gasteiger partial charge in [-0.25, -0.2) is 34.0 Å². The Labute approximate surface area is 256 Å². The molecular formula is C29H24F2N2O9S3. The molecule has 5 aromatic rings. The molecule has 16 heteroatoms. The molecule has 1 aromatic heterocycles. The number of anilines is 1. The van der Waals surface area contributed by atoms with E-state index in [9.17, 15) is 43.9 Å². The van der Waals surface area contributed by atoms with E-state index in [1.165, 1.54) is 38.1 Å². The van der Waals surface area contributed by atoms with Crippen LogP contribution in [0.15, 0.2) is 104 Å². The third-order valence-electron chi connectivity index (χ3n) is 6.82. The molecule has 45 heavy (non-hydrogen) atoms. The molecule has 236 valence electrons. The van der Waals surface area contributed by atoms with Crippen LogP contribution in [-0.2, 0) is 34.9 Å². The molecule has 0 saturated carbocycles. The maximum absolute atomic E-state index is 13.8. The zero-order valence-corrected chi connectivity index (χ0v) is 25.8. The second kappa shape index (κ2) is 11.5. The number of carboxylic acids is 1. The first-order valence-electron chi connectivity index (χ1n) is 13.1.